The van der Waals surface area contributed by atoms with Crippen LogP contribution < -0.4 is 10.6 Å². The van der Waals surface area contributed by atoms with Crippen molar-refractivity contribution in [3.63, 3.8) is 0 Å². The molecule has 1 aromatic carbocycles. The van der Waals surface area contributed by atoms with Crippen molar-refractivity contribution in [2.75, 3.05) is 5.32 Å². The maximum Gasteiger partial charge on any atom is 0.326 e. The molecule has 21 heavy (non-hydrogen) atoms. The lowest BCUT2D eigenvalue weighted by Gasteiger charge is -2.17. The van der Waals surface area contributed by atoms with E-state index in [9.17, 15) is 14.0 Å². The van der Waals surface area contributed by atoms with Gasteiger partial charge in [-0.25, -0.2) is 14.0 Å². The second-order valence-corrected chi connectivity index (χ2v) is 4.92. The van der Waals surface area contributed by atoms with E-state index in [-0.39, 0.29) is 23.6 Å². The monoisotopic (exact) mass is 293 g/mol. The fourth-order valence-electron chi connectivity index (χ4n) is 1.73. The van der Waals surface area contributed by atoms with Crippen LogP contribution in [-0.4, -0.2) is 23.1 Å². The summed E-state index contributed by atoms with van der Waals surface area (Å²) in [6, 6.07) is 3.28. The molecule has 0 aliphatic heterocycles. The molecule has 1 rings (SSSR count). The minimum Gasteiger partial charge on any atom is -0.480 e. The normalized spacial score (nSPS) is 11.6. The summed E-state index contributed by atoms with van der Waals surface area (Å²) in [5.74, 6) is -1.65. The molecule has 0 bridgehead atoms. The zero-order valence-corrected chi connectivity index (χ0v) is 11.7. The zero-order valence-electron chi connectivity index (χ0n) is 11.7. The van der Waals surface area contributed by atoms with Crippen LogP contribution in [0.1, 0.15) is 25.8 Å². The number of urea groups is 1. The van der Waals surface area contributed by atoms with Crippen LogP contribution in [0.25, 0.3) is 0 Å². The molecule has 1 aromatic rings. The van der Waals surface area contributed by atoms with Crippen molar-refractivity contribution in [2.24, 2.45) is 5.92 Å². The summed E-state index contributed by atoms with van der Waals surface area (Å²) >= 11 is 0. The number of carboxylic acids is 1. The van der Waals surface area contributed by atoms with Crippen LogP contribution in [-0.2, 0) is 4.79 Å². The summed E-state index contributed by atoms with van der Waals surface area (Å²) in [5, 5.41) is 22.5. The number of rotatable bonds is 5. The molecule has 0 aromatic heterocycles. The number of nitrogens with one attached hydrogen (secondary N) is 2. The molecule has 6 nitrogen and oxygen atoms in total. The number of hydrogen-bond donors (Lipinski definition) is 3. The molecule has 0 saturated heterocycles. The van der Waals surface area contributed by atoms with Crippen LogP contribution in [0.3, 0.4) is 0 Å². The quantitative estimate of drug-likeness (QED) is 0.775. The van der Waals surface area contributed by atoms with Gasteiger partial charge in [0.25, 0.3) is 0 Å². The third-order valence-electron chi connectivity index (χ3n) is 2.66. The minimum absolute atomic E-state index is 0.0408. The Kier molecular flexibility index (Phi) is 5.67. The van der Waals surface area contributed by atoms with Gasteiger partial charge in [0, 0.05) is 0 Å². The molecule has 0 unspecified atom stereocenters. The average Bonchev–Trinajstić information content (AvgIpc) is 2.39. The first-order valence-electron chi connectivity index (χ1n) is 6.33. The third-order valence-corrected chi connectivity index (χ3v) is 2.66. The van der Waals surface area contributed by atoms with Gasteiger partial charge >= 0.3 is 12.0 Å². The Balaban J connectivity index is 2.77. The average molecular weight is 293 g/mol. The standard InChI is InChI=1S/C14H16FN3O3/c1-8(2)5-12(13(19)20)18-14(21)17-11-4-3-10(15)6-9(11)7-16/h3-4,6,8,12H,5H2,1-2H3,(H,19,20)(H2,17,18,21)/t12-/m0/s1. The number of halogens is 1. The highest BCUT2D eigenvalue weighted by atomic mass is 19.1. The number of carbonyl (C=O) groups excluding carboxylic acids is 1. The van der Waals surface area contributed by atoms with E-state index >= 15 is 0 Å². The molecule has 2 amide bonds. The summed E-state index contributed by atoms with van der Waals surface area (Å²) in [7, 11) is 0. The number of aliphatic carboxylic acids is 1. The van der Waals surface area contributed by atoms with Gasteiger partial charge in [-0.1, -0.05) is 13.8 Å². The topological polar surface area (TPSA) is 102 Å². The maximum atomic E-state index is 13.0. The SMILES string of the molecule is CC(C)C[C@H](NC(=O)Nc1ccc(F)cc1C#N)C(=O)O. The lowest BCUT2D eigenvalue weighted by atomic mass is 10.0. The lowest BCUT2D eigenvalue weighted by Crippen LogP contribution is -2.43. The Hall–Kier alpha value is -2.62. The number of anilines is 1. The largest absolute Gasteiger partial charge is 0.480 e. The minimum atomic E-state index is -1.14. The zero-order chi connectivity index (χ0) is 16.0. The van der Waals surface area contributed by atoms with Crippen LogP contribution >= 0.6 is 0 Å². The van der Waals surface area contributed by atoms with Crippen molar-refractivity contribution in [1.29, 1.82) is 5.26 Å². The summed E-state index contributed by atoms with van der Waals surface area (Å²) in [4.78, 5) is 22.8. The fourth-order valence-corrected chi connectivity index (χ4v) is 1.73. The van der Waals surface area contributed by atoms with E-state index < -0.39 is 23.9 Å². The highest BCUT2D eigenvalue weighted by molar-refractivity contribution is 5.93. The van der Waals surface area contributed by atoms with E-state index in [1.807, 2.05) is 13.8 Å². The number of hydrogen-bond acceptors (Lipinski definition) is 3. The van der Waals surface area contributed by atoms with E-state index in [1.54, 1.807) is 6.07 Å². The highest BCUT2D eigenvalue weighted by Crippen LogP contribution is 2.16. The molecule has 0 heterocycles. The first kappa shape index (κ1) is 16.4. The predicted molar refractivity (Wildman–Crippen MR) is 74.1 cm³/mol. The Morgan fingerprint density at radius 1 is 1.43 bits per heavy atom. The van der Waals surface area contributed by atoms with Gasteiger partial charge in [0.1, 0.15) is 17.9 Å². The van der Waals surface area contributed by atoms with E-state index in [0.717, 1.165) is 12.1 Å². The van der Waals surface area contributed by atoms with Crippen LogP contribution in [0.2, 0.25) is 0 Å². The van der Waals surface area contributed by atoms with Crippen molar-refractivity contribution < 1.29 is 19.1 Å². The maximum absolute atomic E-state index is 13.0. The van der Waals surface area contributed by atoms with Gasteiger partial charge in [0.05, 0.1) is 11.3 Å². The molecule has 0 spiro atoms. The van der Waals surface area contributed by atoms with Gasteiger partial charge in [0.2, 0.25) is 0 Å². The molecular weight excluding hydrogens is 277 g/mol. The van der Waals surface area contributed by atoms with E-state index in [4.69, 9.17) is 10.4 Å². The number of carboxylic acid groups (broad SMARTS) is 1. The van der Waals surface area contributed by atoms with E-state index in [2.05, 4.69) is 10.6 Å². The van der Waals surface area contributed by atoms with Crippen molar-refractivity contribution >= 4 is 17.7 Å². The second-order valence-electron chi connectivity index (χ2n) is 4.92. The number of nitrogens with zero attached hydrogens (tertiary/aromatic N) is 1. The van der Waals surface area contributed by atoms with Crippen LogP contribution in [0, 0.1) is 23.1 Å². The Morgan fingerprint density at radius 3 is 2.62 bits per heavy atom. The first-order chi connectivity index (χ1) is 9.83. The first-order valence-corrected chi connectivity index (χ1v) is 6.33. The Labute approximate surface area is 121 Å². The molecule has 0 aliphatic rings. The van der Waals surface area contributed by atoms with Crippen LogP contribution in [0.5, 0.6) is 0 Å². The van der Waals surface area contributed by atoms with Gasteiger partial charge in [-0.05, 0) is 30.5 Å². The molecule has 3 N–H and O–H groups in total. The third kappa shape index (κ3) is 5.10. The smallest absolute Gasteiger partial charge is 0.326 e. The van der Waals surface area contributed by atoms with Crippen molar-refractivity contribution in [1.82, 2.24) is 5.32 Å². The molecule has 0 aliphatic carbocycles. The van der Waals surface area contributed by atoms with Gasteiger partial charge in [0.15, 0.2) is 0 Å². The molecule has 0 radical (unpaired) electrons. The molecule has 7 heteroatoms. The fraction of sp³-hybridized carbons (Fsp3) is 0.357. The van der Waals surface area contributed by atoms with Gasteiger partial charge in [-0.15, -0.1) is 0 Å². The Bertz CT molecular complexity index is 581. The number of nitriles is 1. The van der Waals surface area contributed by atoms with Gasteiger partial charge < -0.3 is 15.7 Å². The molecule has 0 saturated carbocycles. The summed E-state index contributed by atoms with van der Waals surface area (Å²) in [6.07, 6.45) is 0.275. The predicted octanol–water partition coefficient (Wildman–Crippen LogP) is 2.32. The second kappa shape index (κ2) is 7.24. The van der Waals surface area contributed by atoms with Gasteiger partial charge in [-0.3, -0.25) is 0 Å². The number of carbonyl (C=O) groups is 2. The van der Waals surface area contributed by atoms with Crippen LogP contribution in [0.15, 0.2) is 18.2 Å². The van der Waals surface area contributed by atoms with Crippen molar-refractivity contribution in [2.45, 2.75) is 26.3 Å². The summed E-state index contributed by atoms with van der Waals surface area (Å²) < 4.78 is 13.0. The summed E-state index contributed by atoms with van der Waals surface area (Å²) in [5.41, 5.74) is 0.0750. The van der Waals surface area contributed by atoms with Crippen LogP contribution in [0.4, 0.5) is 14.9 Å². The molecule has 1 atom stereocenters. The summed E-state index contributed by atoms with van der Waals surface area (Å²) in [6.45, 7) is 3.67. The van der Waals surface area contributed by atoms with E-state index in [0.29, 0.717) is 0 Å². The number of benzene rings is 1. The number of amides is 2. The Morgan fingerprint density at radius 2 is 2.10 bits per heavy atom. The molecule has 112 valence electrons. The molecule has 0 fully saturated rings. The van der Waals surface area contributed by atoms with Crippen molar-refractivity contribution in [3.8, 4) is 6.07 Å². The van der Waals surface area contributed by atoms with E-state index in [1.165, 1.54) is 6.07 Å². The highest BCUT2D eigenvalue weighted by Gasteiger charge is 2.21. The van der Waals surface area contributed by atoms with Crippen molar-refractivity contribution in [3.05, 3.63) is 29.6 Å². The molecular formula is C14H16FN3O3. The lowest BCUT2D eigenvalue weighted by molar-refractivity contribution is -0.139. The van der Waals surface area contributed by atoms with Gasteiger partial charge in [-0.2, -0.15) is 5.26 Å².